The van der Waals surface area contributed by atoms with E-state index in [1.807, 2.05) is 0 Å². The molecule has 0 amide bonds. The predicted molar refractivity (Wildman–Crippen MR) is 67.8 cm³/mol. The molecule has 1 heterocycles. The highest BCUT2D eigenvalue weighted by molar-refractivity contribution is 7.11. The van der Waals surface area contributed by atoms with Crippen molar-refractivity contribution in [2.75, 3.05) is 5.32 Å². The van der Waals surface area contributed by atoms with Crippen LogP contribution in [0.2, 0.25) is 0 Å². The smallest absolute Gasteiger partial charge is 0.419 e. The van der Waals surface area contributed by atoms with Crippen LogP contribution < -0.4 is 5.32 Å². The minimum atomic E-state index is -4.78. The largest absolute Gasteiger partial charge is 0.476 e. The Bertz CT molecular complexity index is 670. The number of rotatable bonds is 4. The van der Waals surface area contributed by atoms with Gasteiger partial charge in [-0.2, -0.15) is 13.2 Å². The number of aromatic nitrogens is 1. The van der Waals surface area contributed by atoms with Crippen LogP contribution in [0.1, 0.15) is 21.1 Å². The minimum Gasteiger partial charge on any atom is -0.476 e. The van der Waals surface area contributed by atoms with Crippen LogP contribution in [0.4, 0.5) is 23.2 Å². The van der Waals surface area contributed by atoms with E-state index in [-0.39, 0.29) is 17.2 Å². The van der Waals surface area contributed by atoms with Gasteiger partial charge in [0, 0.05) is 11.1 Å². The first kappa shape index (κ1) is 15.2. The number of nitrogens with one attached hydrogen (secondary N) is 1. The van der Waals surface area contributed by atoms with Crippen molar-refractivity contribution in [1.82, 2.24) is 4.98 Å². The van der Waals surface area contributed by atoms with Crippen LogP contribution in [0, 0.1) is 5.82 Å². The molecule has 1 aromatic carbocycles. The van der Waals surface area contributed by atoms with Crippen molar-refractivity contribution in [3.05, 3.63) is 45.7 Å². The number of hydrogen-bond acceptors (Lipinski definition) is 4. The van der Waals surface area contributed by atoms with E-state index >= 15 is 0 Å². The zero-order valence-corrected chi connectivity index (χ0v) is 11.1. The third-order valence-electron chi connectivity index (χ3n) is 2.48. The molecule has 0 saturated heterocycles. The Morgan fingerprint density at radius 1 is 1.38 bits per heavy atom. The van der Waals surface area contributed by atoms with E-state index in [4.69, 9.17) is 5.11 Å². The van der Waals surface area contributed by atoms with Crippen LogP contribution in [-0.4, -0.2) is 16.1 Å². The fraction of sp³-hybridized carbons (Fsp3) is 0.167. The van der Waals surface area contributed by atoms with Gasteiger partial charge in [-0.25, -0.2) is 14.2 Å². The van der Waals surface area contributed by atoms with E-state index in [1.54, 1.807) is 0 Å². The number of aromatic carboxylic acids is 1. The number of carboxylic acid groups (broad SMARTS) is 1. The summed E-state index contributed by atoms with van der Waals surface area (Å²) < 4.78 is 50.7. The Morgan fingerprint density at radius 2 is 2.10 bits per heavy atom. The molecule has 0 atom stereocenters. The van der Waals surface area contributed by atoms with Gasteiger partial charge in [0.05, 0.1) is 17.8 Å². The molecule has 0 bridgehead atoms. The van der Waals surface area contributed by atoms with E-state index in [0.29, 0.717) is 11.8 Å². The number of carboxylic acids is 1. The lowest BCUT2D eigenvalue weighted by Gasteiger charge is -2.11. The van der Waals surface area contributed by atoms with Crippen LogP contribution >= 0.6 is 11.3 Å². The third-order valence-corrected chi connectivity index (χ3v) is 3.36. The molecule has 2 aromatic rings. The fourth-order valence-corrected chi connectivity index (χ4v) is 2.19. The minimum absolute atomic E-state index is 0.0344. The number of alkyl halides is 3. The lowest BCUT2D eigenvalue weighted by Crippen LogP contribution is -2.09. The van der Waals surface area contributed by atoms with E-state index in [0.717, 1.165) is 23.5 Å². The van der Waals surface area contributed by atoms with E-state index in [1.165, 1.54) is 5.38 Å². The SMILES string of the molecule is O=C(O)c1nc(CNc2ccc(F)c(C(F)(F)F)c2)cs1. The molecular weight excluding hydrogens is 312 g/mol. The van der Waals surface area contributed by atoms with E-state index in [9.17, 15) is 22.4 Å². The van der Waals surface area contributed by atoms with Gasteiger partial charge in [0.1, 0.15) is 5.82 Å². The van der Waals surface area contributed by atoms with Crippen molar-refractivity contribution in [3.8, 4) is 0 Å². The van der Waals surface area contributed by atoms with Gasteiger partial charge in [-0.15, -0.1) is 11.3 Å². The molecule has 2 rings (SSSR count). The van der Waals surface area contributed by atoms with Crippen LogP contribution in [0.5, 0.6) is 0 Å². The highest BCUT2D eigenvalue weighted by atomic mass is 32.1. The second-order valence-corrected chi connectivity index (χ2v) is 4.85. The number of halogens is 4. The van der Waals surface area contributed by atoms with Crippen molar-refractivity contribution >= 4 is 23.0 Å². The lowest BCUT2D eigenvalue weighted by molar-refractivity contribution is -0.139. The molecule has 2 N–H and O–H groups in total. The Labute approximate surface area is 120 Å². The summed E-state index contributed by atoms with van der Waals surface area (Å²) in [7, 11) is 0. The van der Waals surface area contributed by atoms with Crippen LogP contribution in [0.25, 0.3) is 0 Å². The van der Waals surface area contributed by atoms with Gasteiger partial charge in [-0.3, -0.25) is 0 Å². The average Bonchev–Trinajstić information content (AvgIpc) is 2.85. The average molecular weight is 320 g/mol. The number of carbonyl (C=O) groups is 1. The Hall–Kier alpha value is -2.16. The maximum Gasteiger partial charge on any atom is 0.419 e. The zero-order chi connectivity index (χ0) is 15.6. The van der Waals surface area contributed by atoms with Gasteiger partial charge < -0.3 is 10.4 Å². The summed E-state index contributed by atoms with van der Waals surface area (Å²) in [5.41, 5.74) is -0.930. The highest BCUT2D eigenvalue weighted by Gasteiger charge is 2.34. The molecule has 0 saturated carbocycles. The molecular formula is C12H8F4N2O2S. The lowest BCUT2D eigenvalue weighted by atomic mass is 10.2. The normalized spacial score (nSPS) is 11.4. The highest BCUT2D eigenvalue weighted by Crippen LogP contribution is 2.33. The maximum atomic E-state index is 13.1. The van der Waals surface area contributed by atoms with Crippen molar-refractivity contribution in [1.29, 1.82) is 0 Å². The molecule has 0 fully saturated rings. The topological polar surface area (TPSA) is 62.2 Å². The summed E-state index contributed by atoms with van der Waals surface area (Å²) in [5.74, 6) is -2.53. The number of thiazole rings is 1. The standard InChI is InChI=1S/C12H8F4N2O2S/c13-9-2-1-6(3-8(9)12(14,15)16)17-4-7-5-21-10(18-7)11(19)20/h1-3,5,17H,4H2,(H,19,20). The molecule has 21 heavy (non-hydrogen) atoms. The second kappa shape index (κ2) is 5.68. The third kappa shape index (κ3) is 3.69. The zero-order valence-electron chi connectivity index (χ0n) is 10.2. The van der Waals surface area contributed by atoms with Crippen molar-refractivity contribution < 1.29 is 27.5 Å². The molecule has 9 heteroatoms. The maximum absolute atomic E-state index is 13.1. The van der Waals surface area contributed by atoms with E-state index in [2.05, 4.69) is 10.3 Å². The van der Waals surface area contributed by atoms with Gasteiger partial charge >= 0.3 is 12.1 Å². The summed E-state index contributed by atoms with van der Waals surface area (Å²) in [5, 5.41) is 12.7. The molecule has 0 aliphatic heterocycles. The van der Waals surface area contributed by atoms with Crippen LogP contribution in [0.15, 0.2) is 23.6 Å². The molecule has 1 aromatic heterocycles. The summed E-state index contributed by atoms with van der Waals surface area (Å²) in [6, 6.07) is 2.53. The monoisotopic (exact) mass is 320 g/mol. The molecule has 0 aliphatic carbocycles. The molecule has 0 spiro atoms. The number of hydrogen-bond donors (Lipinski definition) is 2. The van der Waals surface area contributed by atoms with E-state index < -0.39 is 23.5 Å². The Balaban J connectivity index is 2.11. The van der Waals surface area contributed by atoms with Crippen molar-refractivity contribution in [3.63, 3.8) is 0 Å². The number of anilines is 1. The Kier molecular flexibility index (Phi) is 4.12. The van der Waals surface area contributed by atoms with Crippen LogP contribution in [-0.2, 0) is 12.7 Å². The first-order valence-electron chi connectivity index (χ1n) is 5.55. The van der Waals surface area contributed by atoms with Gasteiger partial charge in [0.2, 0.25) is 5.01 Å². The molecule has 0 aliphatic rings. The van der Waals surface area contributed by atoms with Crippen molar-refractivity contribution in [2.24, 2.45) is 0 Å². The van der Waals surface area contributed by atoms with Crippen molar-refractivity contribution in [2.45, 2.75) is 12.7 Å². The van der Waals surface area contributed by atoms with Crippen LogP contribution in [0.3, 0.4) is 0 Å². The molecule has 112 valence electrons. The molecule has 0 unspecified atom stereocenters. The summed E-state index contributed by atoms with van der Waals surface area (Å²) in [4.78, 5) is 14.4. The summed E-state index contributed by atoms with van der Waals surface area (Å²) in [6.45, 7) is 0.0344. The van der Waals surface area contributed by atoms with Gasteiger partial charge in [0.25, 0.3) is 0 Å². The van der Waals surface area contributed by atoms with Gasteiger partial charge in [-0.05, 0) is 18.2 Å². The quantitative estimate of drug-likeness (QED) is 0.845. The van der Waals surface area contributed by atoms with Gasteiger partial charge in [-0.1, -0.05) is 0 Å². The van der Waals surface area contributed by atoms with Gasteiger partial charge in [0.15, 0.2) is 0 Å². The fourth-order valence-electron chi connectivity index (χ4n) is 1.53. The molecule has 0 radical (unpaired) electrons. The number of nitrogens with zero attached hydrogens (tertiary/aromatic N) is 1. The molecule has 4 nitrogen and oxygen atoms in total. The summed E-state index contributed by atoms with van der Waals surface area (Å²) >= 11 is 0.912. The number of benzene rings is 1. The first-order chi connectivity index (χ1) is 9.77. The summed E-state index contributed by atoms with van der Waals surface area (Å²) in [6.07, 6.45) is -4.78. The Morgan fingerprint density at radius 3 is 2.67 bits per heavy atom. The first-order valence-corrected chi connectivity index (χ1v) is 6.43. The second-order valence-electron chi connectivity index (χ2n) is 4.00. The predicted octanol–water partition coefficient (Wildman–Crippen LogP) is 3.61.